The number of thiazole rings is 1. The predicted molar refractivity (Wildman–Crippen MR) is 144 cm³/mol. The predicted octanol–water partition coefficient (Wildman–Crippen LogP) is 8.12. The summed E-state index contributed by atoms with van der Waals surface area (Å²) >= 11 is 1.60. The molecule has 1 unspecified atom stereocenters. The van der Waals surface area contributed by atoms with E-state index in [2.05, 4.69) is 56.2 Å². The Hall–Kier alpha value is -2.66. The fourth-order valence-electron chi connectivity index (χ4n) is 4.48. The highest BCUT2D eigenvalue weighted by atomic mass is 32.1. The highest BCUT2D eigenvalue weighted by Crippen LogP contribution is 2.36. The Kier molecular flexibility index (Phi) is 8.53. The van der Waals surface area contributed by atoms with E-state index in [-0.39, 0.29) is 17.2 Å². The van der Waals surface area contributed by atoms with Crippen molar-refractivity contribution in [2.24, 2.45) is 0 Å². The first kappa shape index (κ1) is 26.0. The van der Waals surface area contributed by atoms with Gasteiger partial charge in [0, 0.05) is 29.2 Å². The molecule has 0 saturated heterocycles. The van der Waals surface area contributed by atoms with Gasteiger partial charge in [-0.25, -0.2) is 4.98 Å². The number of phenolic OH excluding ortho intramolecular Hbond substituents is 1. The van der Waals surface area contributed by atoms with Gasteiger partial charge in [0.25, 0.3) is 0 Å². The number of amides is 1. The fraction of sp³-hybridized carbons (Fsp3) is 0.448. The van der Waals surface area contributed by atoms with E-state index < -0.39 is 0 Å². The monoisotopic (exact) mass is 478 g/mol. The van der Waals surface area contributed by atoms with Crippen LogP contribution in [0.25, 0.3) is 10.6 Å². The molecule has 0 aliphatic rings. The van der Waals surface area contributed by atoms with Gasteiger partial charge in [0.05, 0.1) is 0 Å². The summed E-state index contributed by atoms with van der Waals surface area (Å²) in [7, 11) is 0. The molecule has 3 rings (SSSR count). The molecule has 0 saturated carbocycles. The largest absolute Gasteiger partial charge is 0.507 e. The van der Waals surface area contributed by atoms with Crippen LogP contribution in [0.3, 0.4) is 0 Å². The van der Waals surface area contributed by atoms with Crippen molar-refractivity contribution in [2.75, 3.05) is 5.32 Å². The van der Waals surface area contributed by atoms with Crippen LogP contribution in [0, 0.1) is 13.8 Å². The SMILES string of the molecule is CCCCCC(CC(=O)Nc1cc(-c2nccs2)ccc1C(C)(C)C)c1cc(C)c(O)c(C)c1. The molecule has 1 amide bonds. The number of aryl methyl sites for hydroxylation is 2. The molecule has 3 aromatic rings. The van der Waals surface area contributed by atoms with Crippen molar-refractivity contribution in [3.8, 4) is 16.3 Å². The van der Waals surface area contributed by atoms with Crippen LogP contribution in [-0.4, -0.2) is 16.0 Å². The third kappa shape index (κ3) is 6.47. The van der Waals surface area contributed by atoms with E-state index in [1.54, 1.807) is 17.5 Å². The van der Waals surface area contributed by atoms with E-state index in [1.165, 1.54) is 0 Å². The summed E-state index contributed by atoms with van der Waals surface area (Å²) in [6, 6.07) is 10.3. The molecule has 0 fully saturated rings. The third-order valence-corrected chi connectivity index (χ3v) is 7.18. The van der Waals surface area contributed by atoms with Crippen LogP contribution in [0.5, 0.6) is 5.75 Å². The van der Waals surface area contributed by atoms with Crippen molar-refractivity contribution in [2.45, 2.75) is 85.0 Å². The summed E-state index contributed by atoms with van der Waals surface area (Å²) < 4.78 is 0. The van der Waals surface area contributed by atoms with Crippen LogP contribution in [-0.2, 0) is 10.2 Å². The lowest BCUT2D eigenvalue weighted by Crippen LogP contribution is -2.20. The van der Waals surface area contributed by atoms with E-state index in [0.717, 1.165) is 64.2 Å². The van der Waals surface area contributed by atoms with E-state index >= 15 is 0 Å². The average molecular weight is 479 g/mol. The number of carbonyl (C=O) groups excluding carboxylic acids is 1. The number of rotatable bonds is 9. The summed E-state index contributed by atoms with van der Waals surface area (Å²) in [6.07, 6.45) is 6.55. The molecule has 1 heterocycles. The number of carbonyl (C=O) groups is 1. The van der Waals surface area contributed by atoms with Crippen LogP contribution in [0.4, 0.5) is 5.69 Å². The van der Waals surface area contributed by atoms with Crippen molar-refractivity contribution in [3.05, 3.63) is 64.2 Å². The first-order valence-electron chi connectivity index (χ1n) is 12.2. The van der Waals surface area contributed by atoms with E-state index in [1.807, 2.05) is 31.4 Å². The van der Waals surface area contributed by atoms with Crippen LogP contribution >= 0.6 is 11.3 Å². The van der Waals surface area contributed by atoms with Gasteiger partial charge in [0.2, 0.25) is 5.91 Å². The van der Waals surface area contributed by atoms with Gasteiger partial charge in [0.15, 0.2) is 0 Å². The van der Waals surface area contributed by atoms with Crippen molar-refractivity contribution in [3.63, 3.8) is 0 Å². The molecule has 0 radical (unpaired) electrons. The molecule has 0 aliphatic heterocycles. The zero-order valence-corrected chi connectivity index (χ0v) is 22.2. The Labute approximate surface area is 208 Å². The zero-order chi connectivity index (χ0) is 24.9. The molecule has 0 spiro atoms. The number of anilines is 1. The molecule has 1 aromatic heterocycles. The minimum atomic E-state index is -0.101. The van der Waals surface area contributed by atoms with Crippen molar-refractivity contribution in [1.82, 2.24) is 4.98 Å². The second-order valence-electron chi connectivity index (χ2n) is 10.3. The van der Waals surface area contributed by atoms with Crippen LogP contribution < -0.4 is 5.32 Å². The fourth-order valence-corrected chi connectivity index (χ4v) is 5.11. The van der Waals surface area contributed by atoms with Crippen molar-refractivity contribution < 1.29 is 9.90 Å². The first-order valence-corrected chi connectivity index (χ1v) is 13.1. The highest BCUT2D eigenvalue weighted by Gasteiger charge is 2.22. The smallest absolute Gasteiger partial charge is 0.224 e. The second-order valence-corrected chi connectivity index (χ2v) is 11.2. The number of nitrogens with zero attached hydrogens (tertiary/aromatic N) is 1. The number of unbranched alkanes of at least 4 members (excludes halogenated alkanes) is 2. The second kappa shape index (κ2) is 11.2. The quantitative estimate of drug-likeness (QED) is 0.305. The summed E-state index contributed by atoms with van der Waals surface area (Å²) in [6.45, 7) is 12.5. The number of phenols is 1. The molecule has 34 heavy (non-hydrogen) atoms. The van der Waals surface area contributed by atoms with Gasteiger partial charge < -0.3 is 10.4 Å². The van der Waals surface area contributed by atoms with Gasteiger partial charge in [-0.1, -0.05) is 71.2 Å². The molecule has 2 N–H and O–H groups in total. The van der Waals surface area contributed by atoms with E-state index in [0.29, 0.717) is 12.2 Å². The third-order valence-electron chi connectivity index (χ3n) is 6.35. The Balaban J connectivity index is 1.88. The average Bonchev–Trinajstić information content (AvgIpc) is 3.31. The van der Waals surface area contributed by atoms with Crippen LogP contribution in [0.15, 0.2) is 41.9 Å². The normalized spacial score (nSPS) is 12.5. The van der Waals surface area contributed by atoms with Gasteiger partial charge in [-0.2, -0.15) is 0 Å². The van der Waals surface area contributed by atoms with Crippen molar-refractivity contribution >= 4 is 22.9 Å². The maximum absolute atomic E-state index is 13.4. The molecule has 2 aromatic carbocycles. The number of hydrogen-bond acceptors (Lipinski definition) is 4. The zero-order valence-electron chi connectivity index (χ0n) is 21.4. The van der Waals surface area contributed by atoms with Gasteiger partial charge in [-0.05, 0) is 59.9 Å². The molecule has 4 nitrogen and oxygen atoms in total. The lowest BCUT2D eigenvalue weighted by molar-refractivity contribution is -0.116. The van der Waals surface area contributed by atoms with Crippen LogP contribution in [0.2, 0.25) is 0 Å². The number of aromatic hydroxyl groups is 1. The summed E-state index contributed by atoms with van der Waals surface area (Å²) in [5.74, 6) is 0.478. The maximum atomic E-state index is 13.4. The lowest BCUT2D eigenvalue weighted by atomic mass is 9.84. The molecule has 182 valence electrons. The van der Waals surface area contributed by atoms with Gasteiger partial charge in [-0.15, -0.1) is 11.3 Å². The Morgan fingerprint density at radius 1 is 1.12 bits per heavy atom. The lowest BCUT2D eigenvalue weighted by Gasteiger charge is -2.25. The number of aromatic nitrogens is 1. The van der Waals surface area contributed by atoms with Gasteiger partial charge >= 0.3 is 0 Å². The van der Waals surface area contributed by atoms with E-state index in [9.17, 15) is 9.90 Å². The standard InChI is InChI=1S/C29H38N2O2S/c1-7-8-9-10-21(23-15-19(2)27(33)20(3)16-23)18-26(32)31-25-17-22(28-30-13-14-34-28)11-12-24(25)29(4,5)6/h11-17,21,33H,7-10,18H2,1-6H3,(H,31,32). The minimum Gasteiger partial charge on any atom is -0.507 e. The van der Waals surface area contributed by atoms with E-state index in [4.69, 9.17) is 0 Å². The van der Waals surface area contributed by atoms with Gasteiger partial charge in [0.1, 0.15) is 10.8 Å². The molecule has 5 heteroatoms. The number of nitrogens with one attached hydrogen (secondary N) is 1. The highest BCUT2D eigenvalue weighted by molar-refractivity contribution is 7.13. The molecule has 0 bridgehead atoms. The summed E-state index contributed by atoms with van der Waals surface area (Å²) in [4.78, 5) is 17.8. The van der Waals surface area contributed by atoms with Crippen LogP contribution in [0.1, 0.15) is 88.0 Å². The Morgan fingerprint density at radius 2 is 1.82 bits per heavy atom. The Morgan fingerprint density at radius 3 is 2.41 bits per heavy atom. The molecule has 1 atom stereocenters. The summed E-state index contributed by atoms with van der Waals surface area (Å²) in [5, 5.41) is 16.4. The molecular formula is C29H38N2O2S. The number of benzene rings is 2. The topological polar surface area (TPSA) is 62.2 Å². The Bertz CT molecular complexity index is 1090. The molecular weight excluding hydrogens is 440 g/mol. The van der Waals surface area contributed by atoms with Gasteiger partial charge in [-0.3, -0.25) is 4.79 Å². The van der Waals surface area contributed by atoms with Crippen molar-refractivity contribution in [1.29, 1.82) is 0 Å². The first-order chi connectivity index (χ1) is 16.1. The maximum Gasteiger partial charge on any atom is 0.224 e. The molecule has 0 aliphatic carbocycles. The number of hydrogen-bond donors (Lipinski definition) is 2. The minimum absolute atomic E-state index is 0.0201. The summed E-state index contributed by atoms with van der Waals surface area (Å²) in [5.41, 5.74) is 5.74.